The quantitative estimate of drug-likeness (QED) is 0.133. The number of hydrogen-bond donors (Lipinski definition) is 0. The Bertz CT molecular complexity index is 8040. The second-order valence-electron chi connectivity index (χ2n) is 29.9. The Labute approximate surface area is 651 Å². The van der Waals surface area contributed by atoms with Gasteiger partial charge in [0.1, 0.15) is 0 Å². The smallest absolute Gasteiger partial charge is 0.0434 e. The molecule has 21 aromatic carbocycles. The summed E-state index contributed by atoms with van der Waals surface area (Å²) < 4.78 is 7.74. The fourth-order valence-corrected chi connectivity index (χ4v) is 22.8. The van der Waals surface area contributed by atoms with Crippen molar-refractivity contribution < 1.29 is 0 Å². The van der Waals surface area contributed by atoms with Gasteiger partial charge in [0.2, 0.25) is 0 Å². The van der Waals surface area contributed by atoms with E-state index in [1.165, 1.54) is 246 Å². The molecule has 111 heavy (non-hydrogen) atoms. The second kappa shape index (κ2) is 24.6. The van der Waals surface area contributed by atoms with Gasteiger partial charge in [-0.15, -0.1) is 34.0 Å². The van der Waals surface area contributed by atoms with Crippen LogP contribution in [0.4, 0.5) is 0 Å². The molecular weight excluding hydrogens is 1390 g/mol. The maximum atomic E-state index is 2.52. The Kier molecular flexibility index (Phi) is 13.9. The molecule has 0 spiro atoms. The van der Waals surface area contributed by atoms with E-state index in [-0.39, 0.29) is 0 Å². The van der Waals surface area contributed by atoms with E-state index in [1.54, 1.807) is 0 Å². The Balaban J connectivity index is 0.712. The van der Waals surface area contributed by atoms with Crippen LogP contribution >= 0.6 is 34.0 Å². The molecule has 3 aromatic heterocycles. The van der Waals surface area contributed by atoms with Gasteiger partial charge in [0.15, 0.2) is 0 Å². The maximum absolute atomic E-state index is 2.52. The van der Waals surface area contributed by atoms with E-state index in [1.807, 2.05) is 34.0 Å². The highest BCUT2D eigenvalue weighted by Gasteiger charge is 2.24. The zero-order valence-electron chi connectivity index (χ0n) is 60.0. The molecule has 0 atom stereocenters. The minimum absolute atomic E-state index is 1.17. The minimum atomic E-state index is 1.17. The molecule has 0 fully saturated rings. The molecule has 0 aliphatic carbocycles. The van der Waals surface area contributed by atoms with Crippen molar-refractivity contribution in [3.63, 3.8) is 0 Å². The molecule has 0 N–H and O–H groups in total. The molecule has 0 unspecified atom stereocenters. The summed E-state index contributed by atoms with van der Waals surface area (Å²) in [5.74, 6) is 0. The van der Waals surface area contributed by atoms with Crippen LogP contribution in [0.15, 0.2) is 376 Å². The van der Waals surface area contributed by atoms with Crippen LogP contribution in [-0.4, -0.2) is 0 Å². The molecule has 0 amide bonds. The summed E-state index contributed by atoms with van der Waals surface area (Å²) in [7, 11) is 0. The number of rotatable bonds is 8. The van der Waals surface area contributed by atoms with Gasteiger partial charge in [-0.05, 0) is 229 Å². The van der Waals surface area contributed by atoms with Crippen LogP contribution in [-0.2, 0) is 0 Å². The first-order valence-electron chi connectivity index (χ1n) is 38.2. The molecule has 24 rings (SSSR count). The summed E-state index contributed by atoms with van der Waals surface area (Å²) in [6.45, 7) is 0. The molecule has 0 aliphatic rings. The predicted molar refractivity (Wildman–Crippen MR) is 486 cm³/mol. The molecule has 24 aromatic rings. The van der Waals surface area contributed by atoms with E-state index in [4.69, 9.17) is 0 Å². The van der Waals surface area contributed by atoms with E-state index in [9.17, 15) is 0 Å². The largest absolute Gasteiger partial charge is 0.135 e. The van der Waals surface area contributed by atoms with Crippen LogP contribution < -0.4 is 0 Å². The third-order valence-corrected chi connectivity index (χ3v) is 27.7. The first kappa shape index (κ1) is 62.6. The van der Waals surface area contributed by atoms with E-state index in [0.717, 1.165) is 0 Å². The SMILES string of the molecule is c1ccc(-c2cccc3c2sc2c(-c4cc(-c5ccc6c7ccccc7c7ccccc7c6c5)ccc4-c4ccc(-c5cccc6c5sc5cc(-c7cc(-c8ccc9c%10ccccc%10c%10ccccc%10c9c8)c8sc9ccccc9c8c7)ccc56)cc4-c4ccc5c6ccccc6c6ccccc6c5c4)cccc23)cc1. The standard InChI is InChI=1S/C108H62S3/c1-2-21-63(22-3-1)71-36-18-39-93-94-40-20-41-95(107(94)111-106(71)93)101-56-65(64-43-49-86-79-29-7-4-23-73(79)76-26-10-13-32-82(76)98(86)55-64)44-50-89(101)85-51-46-67(57-96(85)68-47-52-87-80-30-8-5-24-74(80)77-27-11-14-33-83(77)99(87)58-68)72-37-19-38-92-91-54-45-66(62-104(91)110-105(72)92)70-60-97(108-102(61-70)90-35-16-17-42-103(90)109-108)69-48-53-88-81-31-9-6-25-75(81)78-28-12-15-34-84(78)100(88)59-69/h1-62H. The van der Waals surface area contributed by atoms with Gasteiger partial charge in [-0.1, -0.05) is 322 Å². The van der Waals surface area contributed by atoms with Crippen molar-refractivity contribution >= 4 is 191 Å². The molecule has 0 bridgehead atoms. The summed E-state index contributed by atoms with van der Waals surface area (Å²) in [5, 5.41) is 30.6. The molecule has 0 nitrogen and oxygen atoms in total. The summed E-state index contributed by atoms with van der Waals surface area (Å²) >= 11 is 5.75. The van der Waals surface area contributed by atoms with E-state index < -0.39 is 0 Å². The summed E-state index contributed by atoms with van der Waals surface area (Å²) in [5.41, 5.74) is 19.3. The zero-order chi connectivity index (χ0) is 72.5. The normalized spacial score (nSPS) is 12.1. The second-order valence-corrected chi connectivity index (χ2v) is 33.0. The number of benzene rings is 21. The lowest BCUT2D eigenvalue weighted by Crippen LogP contribution is -1.93. The van der Waals surface area contributed by atoms with Crippen molar-refractivity contribution in [1.29, 1.82) is 0 Å². The van der Waals surface area contributed by atoms with Gasteiger partial charge in [-0.2, -0.15) is 0 Å². The average Bonchev–Trinajstić information content (AvgIpc) is 1.61. The Morgan fingerprint density at radius 2 is 0.405 bits per heavy atom. The fourth-order valence-electron chi connectivity index (χ4n) is 18.9. The number of fused-ring (bicyclic) bond motifs is 27. The van der Waals surface area contributed by atoms with Crippen molar-refractivity contribution in [2.45, 2.75) is 0 Å². The number of thiophene rings is 3. The highest BCUT2D eigenvalue weighted by atomic mass is 32.1. The predicted octanol–water partition coefficient (Wildman–Crippen LogP) is 32.5. The fraction of sp³-hybridized carbons (Fsp3) is 0. The van der Waals surface area contributed by atoms with Gasteiger partial charge in [-0.25, -0.2) is 0 Å². The van der Waals surface area contributed by atoms with Crippen molar-refractivity contribution in [3.8, 4) is 89.0 Å². The molecule has 3 heteroatoms. The van der Waals surface area contributed by atoms with Crippen LogP contribution in [0.5, 0.6) is 0 Å². The molecule has 0 saturated heterocycles. The molecule has 512 valence electrons. The van der Waals surface area contributed by atoms with E-state index >= 15 is 0 Å². The van der Waals surface area contributed by atoms with Gasteiger partial charge in [-0.3, -0.25) is 0 Å². The third-order valence-electron chi connectivity index (χ3n) is 24.0. The zero-order valence-corrected chi connectivity index (χ0v) is 62.5. The Morgan fingerprint density at radius 1 is 0.108 bits per heavy atom. The molecule has 0 radical (unpaired) electrons. The molecule has 0 aliphatic heterocycles. The van der Waals surface area contributed by atoms with Crippen LogP contribution in [0.2, 0.25) is 0 Å². The third kappa shape index (κ3) is 9.64. The van der Waals surface area contributed by atoms with E-state index in [0.29, 0.717) is 0 Å². The summed E-state index contributed by atoms with van der Waals surface area (Å²) in [6, 6.07) is 143. The lowest BCUT2D eigenvalue weighted by Gasteiger charge is -2.19. The number of hydrogen-bond acceptors (Lipinski definition) is 3. The first-order chi connectivity index (χ1) is 55.0. The molecule has 3 heterocycles. The highest BCUT2D eigenvalue weighted by Crippen LogP contribution is 2.53. The van der Waals surface area contributed by atoms with Crippen LogP contribution in [0.1, 0.15) is 0 Å². The first-order valence-corrected chi connectivity index (χ1v) is 40.7. The van der Waals surface area contributed by atoms with Gasteiger partial charge in [0.05, 0.1) is 0 Å². The van der Waals surface area contributed by atoms with Crippen molar-refractivity contribution in [2.24, 2.45) is 0 Å². The van der Waals surface area contributed by atoms with Gasteiger partial charge in [0, 0.05) is 71.6 Å². The van der Waals surface area contributed by atoms with Gasteiger partial charge < -0.3 is 0 Å². The minimum Gasteiger partial charge on any atom is -0.135 e. The van der Waals surface area contributed by atoms with Crippen LogP contribution in [0.3, 0.4) is 0 Å². The average molecular weight is 1460 g/mol. The summed E-state index contributed by atoms with van der Waals surface area (Å²) in [4.78, 5) is 0. The topological polar surface area (TPSA) is 0 Å². The Morgan fingerprint density at radius 3 is 0.946 bits per heavy atom. The lowest BCUT2D eigenvalue weighted by molar-refractivity contribution is 1.57. The maximum Gasteiger partial charge on any atom is 0.0434 e. The van der Waals surface area contributed by atoms with Crippen LogP contribution in [0.25, 0.3) is 246 Å². The van der Waals surface area contributed by atoms with Crippen molar-refractivity contribution in [1.82, 2.24) is 0 Å². The lowest BCUT2D eigenvalue weighted by atomic mass is 9.84. The van der Waals surface area contributed by atoms with Gasteiger partial charge in [0.25, 0.3) is 0 Å². The molecule has 0 saturated carbocycles. The summed E-state index contributed by atoms with van der Waals surface area (Å²) in [6.07, 6.45) is 0. The monoisotopic (exact) mass is 1450 g/mol. The van der Waals surface area contributed by atoms with Gasteiger partial charge >= 0.3 is 0 Å². The van der Waals surface area contributed by atoms with Crippen molar-refractivity contribution in [2.75, 3.05) is 0 Å². The van der Waals surface area contributed by atoms with Crippen molar-refractivity contribution in [3.05, 3.63) is 376 Å². The van der Waals surface area contributed by atoms with Crippen LogP contribution in [0, 0.1) is 0 Å². The molecular formula is C108H62S3. The Hall–Kier alpha value is -13.4. The van der Waals surface area contributed by atoms with E-state index in [2.05, 4.69) is 376 Å². The highest BCUT2D eigenvalue weighted by molar-refractivity contribution is 7.27.